The van der Waals surface area contributed by atoms with E-state index in [9.17, 15) is 13.2 Å². The van der Waals surface area contributed by atoms with Crippen molar-refractivity contribution in [1.82, 2.24) is 4.98 Å². The van der Waals surface area contributed by atoms with Crippen molar-refractivity contribution in [1.29, 1.82) is 0 Å². The highest BCUT2D eigenvalue weighted by Crippen LogP contribution is 2.39. The van der Waals surface area contributed by atoms with Gasteiger partial charge in [-0.15, -0.1) is 0 Å². The molecule has 1 aliphatic rings. The van der Waals surface area contributed by atoms with Gasteiger partial charge in [-0.2, -0.15) is 0 Å². The summed E-state index contributed by atoms with van der Waals surface area (Å²) in [5.41, 5.74) is 2.23. The molecule has 32 heavy (non-hydrogen) atoms. The van der Waals surface area contributed by atoms with E-state index in [2.05, 4.69) is 15.0 Å². The Kier molecular flexibility index (Phi) is 4.95. The number of fused-ring (bicyclic) bond motifs is 2. The number of carbonyl (C=O) groups is 1. The molecule has 0 unspecified atom stereocenters. The lowest BCUT2D eigenvalue weighted by atomic mass is 10.2. The highest BCUT2D eigenvalue weighted by Gasteiger charge is 2.18. The number of hydrogen-bond acceptors (Lipinski definition) is 7. The van der Waals surface area contributed by atoms with Crippen molar-refractivity contribution in [2.24, 2.45) is 0 Å². The molecule has 0 spiro atoms. The molecule has 162 valence electrons. The van der Waals surface area contributed by atoms with Gasteiger partial charge in [-0.1, -0.05) is 35.1 Å². The Bertz CT molecular complexity index is 1410. The van der Waals surface area contributed by atoms with Gasteiger partial charge in [-0.25, -0.2) is 13.4 Å². The van der Waals surface area contributed by atoms with Crippen LogP contribution in [0.15, 0.2) is 65.6 Å². The fourth-order valence-electron chi connectivity index (χ4n) is 3.20. The van der Waals surface area contributed by atoms with Gasteiger partial charge in [0.15, 0.2) is 16.6 Å². The molecule has 4 aromatic rings. The van der Waals surface area contributed by atoms with Crippen LogP contribution in [0.3, 0.4) is 0 Å². The molecule has 0 radical (unpaired) electrons. The summed E-state index contributed by atoms with van der Waals surface area (Å²) in [6.45, 7) is 2.06. The Hall–Kier alpha value is -3.63. The Balaban J connectivity index is 1.34. The molecule has 0 fully saturated rings. The molecule has 5 rings (SSSR count). The Labute approximate surface area is 187 Å². The number of carbonyl (C=O) groups excluding carboxylic acids is 1. The molecule has 0 saturated heterocycles. The van der Waals surface area contributed by atoms with Crippen molar-refractivity contribution >= 4 is 48.3 Å². The first kappa shape index (κ1) is 20.3. The van der Waals surface area contributed by atoms with E-state index < -0.39 is 15.9 Å². The van der Waals surface area contributed by atoms with Gasteiger partial charge in [-0.05, 0) is 37.3 Å². The molecule has 1 aliphatic heterocycles. The van der Waals surface area contributed by atoms with Crippen molar-refractivity contribution in [2.45, 2.75) is 11.8 Å². The number of amides is 1. The number of ether oxygens (including phenoxy) is 2. The van der Waals surface area contributed by atoms with Crippen LogP contribution in [0.4, 0.5) is 10.8 Å². The molecule has 0 bridgehead atoms. The number of anilines is 2. The van der Waals surface area contributed by atoms with Crippen LogP contribution in [0.2, 0.25) is 0 Å². The predicted molar refractivity (Wildman–Crippen MR) is 122 cm³/mol. The van der Waals surface area contributed by atoms with Gasteiger partial charge in [0.05, 0.1) is 15.1 Å². The van der Waals surface area contributed by atoms with E-state index in [-0.39, 0.29) is 17.4 Å². The van der Waals surface area contributed by atoms with E-state index in [1.165, 1.54) is 29.5 Å². The molecule has 8 nitrogen and oxygen atoms in total. The zero-order valence-corrected chi connectivity index (χ0v) is 18.4. The third kappa shape index (κ3) is 3.97. The smallest absolute Gasteiger partial charge is 0.261 e. The van der Waals surface area contributed by atoms with Gasteiger partial charge >= 0.3 is 0 Å². The molecule has 3 aromatic carbocycles. The second-order valence-corrected chi connectivity index (χ2v) is 9.86. The van der Waals surface area contributed by atoms with Crippen LogP contribution in [0, 0.1) is 6.92 Å². The van der Waals surface area contributed by atoms with Crippen LogP contribution >= 0.6 is 11.3 Å². The van der Waals surface area contributed by atoms with Crippen molar-refractivity contribution < 1.29 is 22.7 Å². The molecule has 0 saturated carbocycles. The minimum atomic E-state index is -3.77. The van der Waals surface area contributed by atoms with Crippen LogP contribution in [-0.2, 0) is 10.0 Å². The van der Waals surface area contributed by atoms with Crippen LogP contribution < -0.4 is 19.5 Å². The summed E-state index contributed by atoms with van der Waals surface area (Å²) in [7, 11) is -3.77. The maximum Gasteiger partial charge on any atom is 0.261 e. The van der Waals surface area contributed by atoms with Gasteiger partial charge in [0.2, 0.25) is 6.79 Å². The summed E-state index contributed by atoms with van der Waals surface area (Å²) in [4.78, 5) is 17.3. The monoisotopic (exact) mass is 467 g/mol. The number of rotatable bonds is 5. The second kappa shape index (κ2) is 7.81. The Morgan fingerprint density at radius 2 is 1.78 bits per heavy atom. The van der Waals surface area contributed by atoms with Gasteiger partial charge < -0.3 is 9.47 Å². The molecule has 10 heteroatoms. The van der Waals surface area contributed by atoms with E-state index in [0.717, 1.165) is 10.3 Å². The Morgan fingerprint density at radius 1 is 1.03 bits per heavy atom. The largest absolute Gasteiger partial charge is 0.454 e. The standard InChI is InChI=1S/C22H17N3O5S2/c1-13-5-7-16(8-6-13)32(27,28)25-15-4-2-3-14(9-15)21(26)24-22-23-17-10-18-19(30-12-29-18)11-20(17)31-22/h2-11,25H,12H2,1H3,(H,23,24,26). The molecular weight excluding hydrogens is 450 g/mol. The van der Waals surface area contributed by atoms with Crippen LogP contribution in [-0.4, -0.2) is 26.1 Å². The quantitative estimate of drug-likeness (QED) is 0.451. The maximum absolute atomic E-state index is 12.7. The lowest BCUT2D eigenvalue weighted by Crippen LogP contribution is -2.15. The second-order valence-electron chi connectivity index (χ2n) is 7.15. The van der Waals surface area contributed by atoms with Gasteiger partial charge in [0.25, 0.3) is 15.9 Å². The Morgan fingerprint density at radius 3 is 2.56 bits per heavy atom. The summed E-state index contributed by atoms with van der Waals surface area (Å²) in [6, 6.07) is 16.4. The minimum absolute atomic E-state index is 0.146. The molecule has 0 aliphatic carbocycles. The van der Waals surface area contributed by atoms with E-state index in [1.807, 2.05) is 13.0 Å². The third-order valence-electron chi connectivity index (χ3n) is 4.81. The normalized spacial score (nSPS) is 12.7. The van der Waals surface area contributed by atoms with Gasteiger partial charge in [0.1, 0.15) is 0 Å². The maximum atomic E-state index is 12.7. The first-order valence-electron chi connectivity index (χ1n) is 9.58. The topological polar surface area (TPSA) is 107 Å². The summed E-state index contributed by atoms with van der Waals surface area (Å²) in [5.74, 6) is 0.863. The van der Waals surface area contributed by atoms with Gasteiger partial charge in [-0.3, -0.25) is 14.8 Å². The SMILES string of the molecule is Cc1ccc(S(=O)(=O)Nc2cccc(C(=O)Nc3nc4cc5c(cc4s3)OCO5)c2)cc1. The predicted octanol–water partition coefficient (Wildman–Crippen LogP) is 4.39. The molecule has 2 heterocycles. The molecular formula is C22H17N3O5S2. The average molecular weight is 468 g/mol. The third-order valence-corrected chi connectivity index (χ3v) is 7.14. The number of nitrogens with zero attached hydrogens (tertiary/aromatic N) is 1. The van der Waals surface area contributed by atoms with Gasteiger partial charge in [0, 0.05) is 23.4 Å². The molecule has 1 amide bonds. The lowest BCUT2D eigenvalue weighted by Gasteiger charge is -2.10. The number of aryl methyl sites for hydroxylation is 1. The highest BCUT2D eigenvalue weighted by atomic mass is 32.2. The average Bonchev–Trinajstić information content (AvgIpc) is 3.37. The zero-order valence-electron chi connectivity index (χ0n) is 16.8. The fourth-order valence-corrected chi connectivity index (χ4v) is 5.12. The zero-order chi connectivity index (χ0) is 22.3. The van der Waals surface area contributed by atoms with Crippen LogP contribution in [0.5, 0.6) is 11.5 Å². The van der Waals surface area contributed by atoms with Crippen LogP contribution in [0.1, 0.15) is 15.9 Å². The molecule has 1 aromatic heterocycles. The van der Waals surface area contributed by atoms with Crippen molar-refractivity contribution in [3.8, 4) is 11.5 Å². The fraction of sp³-hybridized carbons (Fsp3) is 0.0909. The highest BCUT2D eigenvalue weighted by molar-refractivity contribution is 7.92. The number of sulfonamides is 1. The summed E-state index contributed by atoms with van der Waals surface area (Å²) in [5, 5.41) is 3.18. The van der Waals surface area contributed by atoms with Crippen LogP contribution in [0.25, 0.3) is 10.2 Å². The first-order chi connectivity index (χ1) is 15.4. The minimum Gasteiger partial charge on any atom is -0.454 e. The summed E-state index contributed by atoms with van der Waals surface area (Å²) in [6.07, 6.45) is 0. The first-order valence-corrected chi connectivity index (χ1v) is 11.9. The number of aromatic nitrogens is 1. The van der Waals surface area contributed by atoms with Crippen molar-refractivity contribution in [3.63, 3.8) is 0 Å². The molecule has 0 atom stereocenters. The van der Waals surface area contributed by atoms with E-state index in [4.69, 9.17) is 9.47 Å². The lowest BCUT2D eigenvalue weighted by molar-refractivity contribution is 0.102. The summed E-state index contributed by atoms with van der Waals surface area (Å²) < 4.78 is 39.3. The number of nitrogens with one attached hydrogen (secondary N) is 2. The van der Waals surface area contributed by atoms with Crippen molar-refractivity contribution in [2.75, 3.05) is 16.8 Å². The summed E-state index contributed by atoms with van der Waals surface area (Å²) >= 11 is 1.31. The van der Waals surface area contributed by atoms with E-state index >= 15 is 0 Å². The van der Waals surface area contributed by atoms with E-state index in [1.54, 1.807) is 36.4 Å². The van der Waals surface area contributed by atoms with Crippen molar-refractivity contribution in [3.05, 3.63) is 71.8 Å². The van der Waals surface area contributed by atoms with E-state index in [0.29, 0.717) is 27.7 Å². The number of benzene rings is 3. The number of hydrogen-bond donors (Lipinski definition) is 2. The molecule has 2 N–H and O–H groups in total. The number of thiazole rings is 1.